The molecule has 0 unspecified atom stereocenters. The Labute approximate surface area is 122 Å². The first-order valence-electron chi connectivity index (χ1n) is 6.44. The summed E-state index contributed by atoms with van der Waals surface area (Å²) in [4.78, 5) is 0.178. The van der Waals surface area contributed by atoms with Gasteiger partial charge in [-0.3, -0.25) is 0 Å². The SMILES string of the molecule is CN(Cc1ccoc1)S(=O)(=O)c1ccc2c(c1)OCCO2. The van der Waals surface area contributed by atoms with Crippen LogP contribution >= 0.6 is 0 Å². The molecule has 0 atom stereocenters. The van der Waals surface area contributed by atoms with Gasteiger partial charge in [-0.25, -0.2) is 8.42 Å². The zero-order valence-electron chi connectivity index (χ0n) is 11.5. The van der Waals surface area contributed by atoms with E-state index in [0.29, 0.717) is 24.7 Å². The standard InChI is InChI=1S/C14H15NO5S/c1-15(9-11-4-5-18-10-11)21(16,17)12-2-3-13-14(8-12)20-7-6-19-13/h2-5,8,10H,6-7,9H2,1H3. The number of hydrogen-bond donors (Lipinski definition) is 0. The zero-order chi connectivity index (χ0) is 14.9. The van der Waals surface area contributed by atoms with E-state index in [4.69, 9.17) is 13.9 Å². The van der Waals surface area contributed by atoms with Crippen LogP contribution in [0.15, 0.2) is 46.1 Å². The third-order valence-electron chi connectivity index (χ3n) is 3.21. The maximum absolute atomic E-state index is 12.5. The van der Waals surface area contributed by atoms with Crippen LogP contribution < -0.4 is 9.47 Å². The van der Waals surface area contributed by atoms with E-state index < -0.39 is 10.0 Å². The first kappa shape index (κ1) is 14.0. The van der Waals surface area contributed by atoms with E-state index in [1.165, 1.54) is 36.0 Å². The Morgan fingerprint density at radius 1 is 1.14 bits per heavy atom. The Bertz CT molecular complexity index is 724. The molecule has 0 bridgehead atoms. The highest BCUT2D eigenvalue weighted by atomic mass is 32.2. The molecular weight excluding hydrogens is 294 g/mol. The topological polar surface area (TPSA) is 69.0 Å². The second-order valence-electron chi connectivity index (χ2n) is 4.70. The highest BCUT2D eigenvalue weighted by molar-refractivity contribution is 7.89. The van der Waals surface area contributed by atoms with Crippen molar-refractivity contribution in [2.45, 2.75) is 11.4 Å². The molecule has 0 aliphatic carbocycles. The summed E-state index contributed by atoms with van der Waals surface area (Å²) in [7, 11) is -2.07. The summed E-state index contributed by atoms with van der Waals surface area (Å²) in [6, 6.07) is 6.37. The van der Waals surface area contributed by atoms with Crippen LogP contribution in [0.2, 0.25) is 0 Å². The van der Waals surface area contributed by atoms with Gasteiger partial charge in [-0.05, 0) is 18.2 Å². The van der Waals surface area contributed by atoms with Crippen molar-refractivity contribution in [2.24, 2.45) is 0 Å². The van der Waals surface area contributed by atoms with Crippen LogP contribution in [0.3, 0.4) is 0 Å². The minimum atomic E-state index is -3.59. The number of sulfonamides is 1. The fourth-order valence-corrected chi connectivity index (χ4v) is 3.26. The lowest BCUT2D eigenvalue weighted by molar-refractivity contribution is 0.171. The van der Waals surface area contributed by atoms with Crippen molar-refractivity contribution in [2.75, 3.05) is 20.3 Å². The lowest BCUT2D eigenvalue weighted by Crippen LogP contribution is -2.26. The fourth-order valence-electron chi connectivity index (χ4n) is 2.09. The number of ether oxygens (including phenoxy) is 2. The molecule has 0 N–H and O–H groups in total. The summed E-state index contributed by atoms with van der Waals surface area (Å²) < 4.78 is 42.1. The third-order valence-corrected chi connectivity index (χ3v) is 5.01. The molecule has 1 aromatic carbocycles. The summed E-state index contributed by atoms with van der Waals surface area (Å²) in [6.07, 6.45) is 3.04. The normalized spacial score (nSPS) is 14.4. The van der Waals surface area contributed by atoms with Gasteiger partial charge in [0.25, 0.3) is 0 Å². The molecule has 6 nitrogen and oxygen atoms in total. The predicted octanol–water partition coefficient (Wildman–Crippen LogP) is 1.87. The molecule has 21 heavy (non-hydrogen) atoms. The molecule has 0 amide bonds. The van der Waals surface area contributed by atoms with Crippen molar-refractivity contribution in [1.82, 2.24) is 4.31 Å². The van der Waals surface area contributed by atoms with E-state index in [1.54, 1.807) is 12.1 Å². The van der Waals surface area contributed by atoms with Gasteiger partial charge in [0.1, 0.15) is 13.2 Å². The van der Waals surface area contributed by atoms with Gasteiger partial charge in [0.15, 0.2) is 11.5 Å². The molecular formula is C14H15NO5S. The molecule has 0 spiro atoms. The molecule has 1 aliphatic heterocycles. The average molecular weight is 309 g/mol. The molecule has 7 heteroatoms. The lowest BCUT2D eigenvalue weighted by atomic mass is 10.3. The number of rotatable bonds is 4. The van der Waals surface area contributed by atoms with Gasteiger partial charge in [-0.2, -0.15) is 4.31 Å². The van der Waals surface area contributed by atoms with Gasteiger partial charge in [0.05, 0.1) is 17.4 Å². The van der Waals surface area contributed by atoms with Crippen LogP contribution in [0.5, 0.6) is 11.5 Å². The number of fused-ring (bicyclic) bond motifs is 1. The summed E-state index contributed by atoms with van der Waals surface area (Å²) in [5, 5.41) is 0. The third kappa shape index (κ3) is 2.74. The second kappa shape index (κ2) is 5.42. The second-order valence-corrected chi connectivity index (χ2v) is 6.74. The van der Waals surface area contributed by atoms with Gasteiger partial charge in [-0.15, -0.1) is 0 Å². The highest BCUT2D eigenvalue weighted by Gasteiger charge is 2.24. The fraction of sp³-hybridized carbons (Fsp3) is 0.286. The van der Waals surface area contributed by atoms with Crippen LogP contribution in [0.1, 0.15) is 5.56 Å². The van der Waals surface area contributed by atoms with Crippen LogP contribution in [0.25, 0.3) is 0 Å². The first-order chi connectivity index (χ1) is 10.1. The minimum Gasteiger partial charge on any atom is -0.486 e. The molecule has 3 rings (SSSR count). The van der Waals surface area contributed by atoms with Gasteiger partial charge < -0.3 is 13.9 Å². The lowest BCUT2D eigenvalue weighted by Gasteiger charge is -2.21. The maximum atomic E-state index is 12.5. The molecule has 1 aliphatic rings. The number of nitrogens with zero attached hydrogens (tertiary/aromatic N) is 1. The molecule has 0 radical (unpaired) electrons. The Balaban J connectivity index is 1.87. The minimum absolute atomic E-state index is 0.178. The zero-order valence-corrected chi connectivity index (χ0v) is 12.3. The molecule has 0 fully saturated rings. The van der Waals surface area contributed by atoms with Crippen molar-refractivity contribution in [3.63, 3.8) is 0 Å². The monoisotopic (exact) mass is 309 g/mol. The number of furan rings is 1. The maximum Gasteiger partial charge on any atom is 0.243 e. The molecule has 0 saturated carbocycles. The van der Waals surface area contributed by atoms with Crippen LogP contribution in [-0.4, -0.2) is 33.0 Å². The predicted molar refractivity (Wildman–Crippen MR) is 74.8 cm³/mol. The smallest absolute Gasteiger partial charge is 0.243 e. The molecule has 2 heterocycles. The van der Waals surface area contributed by atoms with Crippen molar-refractivity contribution in [1.29, 1.82) is 0 Å². The van der Waals surface area contributed by atoms with Crippen molar-refractivity contribution in [3.05, 3.63) is 42.4 Å². The van der Waals surface area contributed by atoms with E-state index >= 15 is 0 Å². The van der Waals surface area contributed by atoms with Crippen LogP contribution in [-0.2, 0) is 16.6 Å². The van der Waals surface area contributed by atoms with Crippen molar-refractivity contribution < 1.29 is 22.3 Å². The molecule has 1 aromatic heterocycles. The number of hydrogen-bond acceptors (Lipinski definition) is 5. The summed E-state index contributed by atoms with van der Waals surface area (Å²) in [5.41, 5.74) is 0.790. The van der Waals surface area contributed by atoms with Crippen molar-refractivity contribution >= 4 is 10.0 Å². The van der Waals surface area contributed by atoms with E-state index in [9.17, 15) is 8.42 Å². The van der Waals surface area contributed by atoms with Gasteiger partial charge in [0, 0.05) is 25.2 Å². The first-order valence-corrected chi connectivity index (χ1v) is 7.88. The van der Waals surface area contributed by atoms with E-state index in [0.717, 1.165) is 5.56 Å². The van der Waals surface area contributed by atoms with Crippen LogP contribution in [0.4, 0.5) is 0 Å². The highest BCUT2D eigenvalue weighted by Crippen LogP contribution is 2.33. The van der Waals surface area contributed by atoms with Gasteiger partial charge in [0.2, 0.25) is 10.0 Å². The van der Waals surface area contributed by atoms with E-state index in [-0.39, 0.29) is 11.4 Å². The van der Waals surface area contributed by atoms with E-state index in [1.807, 2.05) is 0 Å². The Kier molecular flexibility index (Phi) is 3.60. The molecule has 112 valence electrons. The Hall–Kier alpha value is -1.99. The Morgan fingerprint density at radius 2 is 1.90 bits per heavy atom. The molecule has 0 saturated heterocycles. The largest absolute Gasteiger partial charge is 0.486 e. The van der Waals surface area contributed by atoms with E-state index in [2.05, 4.69) is 0 Å². The van der Waals surface area contributed by atoms with Crippen molar-refractivity contribution in [3.8, 4) is 11.5 Å². The quantitative estimate of drug-likeness (QED) is 0.862. The molecule has 2 aromatic rings. The van der Waals surface area contributed by atoms with Crippen LogP contribution in [0, 0.1) is 0 Å². The summed E-state index contributed by atoms with van der Waals surface area (Å²) in [6.45, 7) is 1.13. The number of benzene rings is 1. The van der Waals surface area contributed by atoms with Gasteiger partial charge in [-0.1, -0.05) is 0 Å². The average Bonchev–Trinajstić information content (AvgIpc) is 2.99. The summed E-state index contributed by atoms with van der Waals surface area (Å²) >= 11 is 0. The Morgan fingerprint density at radius 3 is 2.62 bits per heavy atom. The summed E-state index contributed by atoms with van der Waals surface area (Å²) in [5.74, 6) is 1.02. The van der Waals surface area contributed by atoms with Gasteiger partial charge >= 0.3 is 0 Å².